The van der Waals surface area contributed by atoms with E-state index in [0.717, 1.165) is 12.1 Å². The second-order valence-electron chi connectivity index (χ2n) is 3.16. The van der Waals surface area contributed by atoms with E-state index >= 15 is 0 Å². The average Bonchev–Trinajstić information content (AvgIpc) is 2.25. The van der Waals surface area contributed by atoms with Crippen LogP contribution in [0.15, 0.2) is 12.1 Å². The summed E-state index contributed by atoms with van der Waals surface area (Å²) in [5.74, 6) is -2.94. The van der Waals surface area contributed by atoms with Crippen molar-refractivity contribution < 1.29 is 26.7 Å². The molecule has 18 heavy (non-hydrogen) atoms. The van der Waals surface area contributed by atoms with E-state index in [1.165, 1.54) is 0 Å². The van der Waals surface area contributed by atoms with Gasteiger partial charge in [-0.1, -0.05) is 15.9 Å². The maximum atomic E-state index is 13.3. The van der Waals surface area contributed by atoms with Gasteiger partial charge in [-0.05, 0) is 29.5 Å². The van der Waals surface area contributed by atoms with Gasteiger partial charge in [0.2, 0.25) is 0 Å². The van der Waals surface area contributed by atoms with Crippen molar-refractivity contribution in [1.29, 1.82) is 0 Å². The molecule has 0 radical (unpaired) electrons. The maximum absolute atomic E-state index is 13.3. The maximum Gasteiger partial charge on any atom is 0.441 e. The molecule has 0 spiro atoms. The Morgan fingerprint density at radius 1 is 1.17 bits per heavy atom. The summed E-state index contributed by atoms with van der Waals surface area (Å²) in [5.41, 5.74) is -4.00. The lowest BCUT2D eigenvalue weighted by molar-refractivity contribution is -0.0329. The van der Waals surface area contributed by atoms with Crippen LogP contribution in [0.2, 0.25) is 0 Å². The molecule has 0 aromatic heterocycles. The highest BCUT2D eigenvalue weighted by atomic mass is 79.9. The largest absolute Gasteiger partial charge is 0.487 e. The van der Waals surface area contributed by atoms with Crippen LogP contribution >= 0.6 is 27.7 Å². The smallest absolute Gasteiger partial charge is 0.441 e. The Morgan fingerprint density at radius 3 is 2.17 bits per heavy atom. The van der Waals surface area contributed by atoms with E-state index in [4.69, 9.17) is 0 Å². The Balaban J connectivity index is 2.57. The first-order valence-corrected chi connectivity index (χ1v) is 6.81. The van der Waals surface area contributed by atoms with Gasteiger partial charge in [0, 0.05) is 11.1 Å². The SMILES string of the molecule is Fc1cc(CBr)cc(F)c1OCCSC(F)(F)F. The van der Waals surface area contributed by atoms with E-state index < -0.39 is 35.3 Å². The molecule has 0 saturated heterocycles. The number of thioether (sulfide) groups is 1. The van der Waals surface area contributed by atoms with Gasteiger partial charge in [0.25, 0.3) is 0 Å². The minimum Gasteiger partial charge on any atom is -0.487 e. The van der Waals surface area contributed by atoms with Crippen molar-refractivity contribution >= 4 is 27.7 Å². The summed E-state index contributed by atoms with van der Waals surface area (Å²) in [6, 6.07) is 2.12. The lowest BCUT2D eigenvalue weighted by atomic mass is 10.2. The fourth-order valence-electron chi connectivity index (χ4n) is 1.13. The quantitative estimate of drug-likeness (QED) is 0.439. The van der Waals surface area contributed by atoms with Crippen molar-refractivity contribution in [3.05, 3.63) is 29.3 Å². The number of benzene rings is 1. The molecular weight excluding hydrogens is 343 g/mol. The molecule has 1 aromatic carbocycles. The van der Waals surface area contributed by atoms with Crippen molar-refractivity contribution in [2.75, 3.05) is 12.4 Å². The molecule has 0 N–H and O–H groups in total. The normalized spacial score (nSPS) is 11.7. The number of alkyl halides is 4. The van der Waals surface area contributed by atoms with Crippen LogP contribution in [0.4, 0.5) is 22.0 Å². The molecule has 0 atom stereocenters. The first-order valence-electron chi connectivity index (χ1n) is 4.71. The predicted molar refractivity (Wildman–Crippen MR) is 63.0 cm³/mol. The van der Waals surface area contributed by atoms with E-state index in [0.29, 0.717) is 5.56 Å². The van der Waals surface area contributed by atoms with Crippen molar-refractivity contribution in [2.45, 2.75) is 10.8 Å². The zero-order valence-corrected chi connectivity index (χ0v) is 11.3. The van der Waals surface area contributed by atoms with E-state index in [1.807, 2.05) is 0 Å². The molecule has 102 valence electrons. The molecule has 1 rings (SSSR count). The number of hydrogen-bond acceptors (Lipinski definition) is 2. The second-order valence-corrected chi connectivity index (χ2v) is 4.89. The van der Waals surface area contributed by atoms with Crippen molar-refractivity contribution in [3.63, 3.8) is 0 Å². The van der Waals surface area contributed by atoms with Gasteiger partial charge in [0.1, 0.15) is 0 Å². The molecule has 0 aliphatic heterocycles. The monoisotopic (exact) mass is 350 g/mol. The van der Waals surface area contributed by atoms with Gasteiger partial charge >= 0.3 is 5.51 Å². The third-order valence-corrected chi connectivity index (χ3v) is 3.15. The Hall–Kier alpha value is -0.500. The lowest BCUT2D eigenvalue weighted by Gasteiger charge is -2.10. The third-order valence-electron chi connectivity index (χ3n) is 1.81. The molecule has 0 fully saturated rings. The molecule has 0 bridgehead atoms. The number of hydrogen-bond donors (Lipinski definition) is 0. The standard InChI is InChI=1S/C10H8BrF5OS/c11-5-6-3-7(12)9(8(13)4-6)17-1-2-18-10(14,15)16/h3-4H,1-2,5H2. The lowest BCUT2D eigenvalue weighted by Crippen LogP contribution is -2.09. The van der Waals surface area contributed by atoms with Crippen molar-refractivity contribution in [2.24, 2.45) is 0 Å². The summed E-state index contributed by atoms with van der Waals surface area (Å²) in [6.45, 7) is -0.425. The van der Waals surface area contributed by atoms with Gasteiger partial charge in [-0.15, -0.1) is 0 Å². The molecule has 0 amide bonds. The Morgan fingerprint density at radius 2 is 1.72 bits per heavy atom. The summed E-state index contributed by atoms with van der Waals surface area (Å²) in [6.07, 6.45) is 0. The highest BCUT2D eigenvalue weighted by Gasteiger charge is 2.27. The minimum absolute atomic E-state index is 0.269. The fraction of sp³-hybridized carbons (Fsp3) is 0.400. The Kier molecular flexibility index (Phi) is 5.71. The van der Waals surface area contributed by atoms with Crippen molar-refractivity contribution in [1.82, 2.24) is 0 Å². The van der Waals surface area contributed by atoms with E-state index in [1.54, 1.807) is 0 Å². The molecule has 0 aliphatic rings. The van der Waals surface area contributed by atoms with Gasteiger partial charge in [-0.25, -0.2) is 8.78 Å². The molecule has 0 aliphatic carbocycles. The van der Waals surface area contributed by atoms with Crippen LogP contribution in [0.5, 0.6) is 5.75 Å². The molecule has 0 saturated carbocycles. The van der Waals surface area contributed by atoms with Crippen LogP contribution < -0.4 is 4.74 Å². The molecule has 1 aromatic rings. The van der Waals surface area contributed by atoms with Gasteiger partial charge < -0.3 is 4.74 Å². The molecular formula is C10H8BrF5OS. The zero-order valence-electron chi connectivity index (χ0n) is 8.86. The fourth-order valence-corrected chi connectivity index (χ4v) is 1.85. The Bertz CT molecular complexity index is 387. The van der Waals surface area contributed by atoms with Crippen LogP contribution in [0.3, 0.4) is 0 Å². The first-order chi connectivity index (χ1) is 8.33. The van der Waals surface area contributed by atoms with Gasteiger partial charge in [0.15, 0.2) is 17.4 Å². The van der Waals surface area contributed by atoms with Crippen molar-refractivity contribution in [3.8, 4) is 5.75 Å². The predicted octanol–water partition coefficient (Wildman–Crippen LogP) is 4.49. The first kappa shape index (κ1) is 15.6. The topological polar surface area (TPSA) is 9.23 Å². The number of halogens is 6. The van der Waals surface area contributed by atoms with E-state index in [9.17, 15) is 22.0 Å². The summed E-state index contributed by atoms with van der Waals surface area (Å²) >= 11 is 2.73. The van der Waals surface area contributed by atoms with Crippen LogP contribution in [0.1, 0.15) is 5.56 Å². The van der Waals surface area contributed by atoms with E-state index in [2.05, 4.69) is 20.7 Å². The average molecular weight is 351 g/mol. The minimum atomic E-state index is -4.37. The summed E-state index contributed by atoms with van der Waals surface area (Å²) in [5, 5.41) is 0.269. The molecule has 0 unspecified atom stereocenters. The molecule has 0 heterocycles. The van der Waals surface area contributed by atoms with Crippen LogP contribution in [-0.4, -0.2) is 17.9 Å². The number of rotatable bonds is 5. The zero-order chi connectivity index (χ0) is 13.8. The van der Waals surface area contributed by atoms with Crippen LogP contribution in [-0.2, 0) is 5.33 Å². The van der Waals surface area contributed by atoms with E-state index in [-0.39, 0.29) is 17.1 Å². The van der Waals surface area contributed by atoms with Gasteiger partial charge in [-0.3, -0.25) is 0 Å². The highest BCUT2D eigenvalue weighted by Crippen LogP contribution is 2.30. The number of ether oxygens (including phenoxy) is 1. The second kappa shape index (κ2) is 6.60. The summed E-state index contributed by atoms with van der Waals surface area (Å²) in [7, 11) is 0. The van der Waals surface area contributed by atoms with Crippen LogP contribution in [0.25, 0.3) is 0 Å². The van der Waals surface area contributed by atoms with Gasteiger partial charge in [0.05, 0.1) is 6.61 Å². The highest BCUT2D eigenvalue weighted by molar-refractivity contribution is 9.08. The summed E-state index contributed by atoms with van der Waals surface area (Å²) in [4.78, 5) is 0. The van der Waals surface area contributed by atoms with Gasteiger partial charge in [-0.2, -0.15) is 13.2 Å². The molecule has 1 nitrogen and oxygen atoms in total. The molecule has 8 heteroatoms. The van der Waals surface area contributed by atoms with Crippen LogP contribution in [0, 0.1) is 11.6 Å². The Labute approximate surface area is 113 Å². The third kappa shape index (κ3) is 5.01. The summed E-state index contributed by atoms with van der Waals surface area (Å²) < 4.78 is 66.7.